The third-order valence-corrected chi connectivity index (χ3v) is 7.30. The highest BCUT2D eigenvalue weighted by Crippen LogP contribution is 2.49. The molecule has 0 bridgehead atoms. The fourth-order valence-corrected chi connectivity index (χ4v) is 5.44. The van der Waals surface area contributed by atoms with E-state index in [0.29, 0.717) is 30.9 Å². The van der Waals surface area contributed by atoms with Gasteiger partial charge in [-0.1, -0.05) is 6.07 Å². The number of carbonyl (C=O) groups excluding carboxylic acids is 1. The Bertz CT molecular complexity index is 1150. The highest BCUT2D eigenvalue weighted by Gasteiger charge is 2.52. The van der Waals surface area contributed by atoms with Crippen LogP contribution in [0.3, 0.4) is 0 Å². The highest BCUT2D eigenvalue weighted by atomic mass is 16.8. The summed E-state index contributed by atoms with van der Waals surface area (Å²) in [5.41, 5.74) is 4.20. The molecule has 4 heterocycles. The Morgan fingerprint density at radius 1 is 1.00 bits per heavy atom. The predicted octanol–water partition coefficient (Wildman–Crippen LogP) is 4.27. The van der Waals surface area contributed by atoms with Gasteiger partial charge in [-0.05, 0) is 63.9 Å². The van der Waals surface area contributed by atoms with E-state index >= 15 is 0 Å². The standard InChI is InChI=1S/C26H28O6/c1-13-8-16-19(9-14(13)2)28-11-20-22(16)23(27)15-6-7-18-17(24(15)31-20)10-21(30-18)26(5)12-29-25(3,4)32-26/h6-9,20-22H,10-12H2,1-5H3/t20-,21-,22+,26?/m1/s1. The molecule has 32 heavy (non-hydrogen) atoms. The molecule has 4 aliphatic heterocycles. The first-order chi connectivity index (χ1) is 15.2. The molecular formula is C26H28O6. The molecule has 2 aromatic rings. The summed E-state index contributed by atoms with van der Waals surface area (Å²) in [6, 6.07) is 7.82. The second-order valence-electron chi connectivity index (χ2n) is 10.1. The van der Waals surface area contributed by atoms with E-state index in [2.05, 4.69) is 19.9 Å². The van der Waals surface area contributed by atoms with E-state index in [1.165, 1.54) is 0 Å². The van der Waals surface area contributed by atoms with Crippen LogP contribution in [-0.2, 0) is 15.9 Å². The lowest BCUT2D eigenvalue weighted by atomic mass is 9.80. The Balaban J connectivity index is 1.36. The Labute approximate surface area is 187 Å². The second-order valence-corrected chi connectivity index (χ2v) is 10.1. The summed E-state index contributed by atoms with van der Waals surface area (Å²) >= 11 is 0. The number of aryl methyl sites for hydroxylation is 2. The quantitative estimate of drug-likeness (QED) is 0.665. The molecule has 0 amide bonds. The maximum absolute atomic E-state index is 13.7. The molecule has 0 aromatic heterocycles. The number of Topliss-reactive ketones (excluding diaryl/α,β-unsaturated/α-hetero) is 1. The zero-order chi connectivity index (χ0) is 22.4. The number of ether oxygens (including phenoxy) is 5. The summed E-state index contributed by atoms with van der Waals surface area (Å²) in [4.78, 5) is 13.7. The number of rotatable bonds is 1. The van der Waals surface area contributed by atoms with Crippen LogP contribution in [0.1, 0.15) is 59.3 Å². The fraction of sp³-hybridized carbons (Fsp3) is 0.500. The number of benzene rings is 2. The van der Waals surface area contributed by atoms with E-state index in [9.17, 15) is 4.79 Å². The van der Waals surface area contributed by atoms with Crippen molar-refractivity contribution in [1.29, 1.82) is 0 Å². The van der Waals surface area contributed by atoms with Crippen molar-refractivity contribution >= 4 is 5.78 Å². The first kappa shape index (κ1) is 20.1. The molecule has 2 aromatic carbocycles. The van der Waals surface area contributed by atoms with Crippen LogP contribution in [0.15, 0.2) is 24.3 Å². The number of carbonyl (C=O) groups is 1. The molecule has 168 valence electrons. The van der Waals surface area contributed by atoms with Crippen LogP contribution in [-0.4, -0.2) is 42.6 Å². The third-order valence-electron chi connectivity index (χ3n) is 7.30. The maximum atomic E-state index is 13.7. The summed E-state index contributed by atoms with van der Waals surface area (Å²) < 4.78 is 30.8. The van der Waals surface area contributed by atoms with Crippen LogP contribution >= 0.6 is 0 Å². The van der Waals surface area contributed by atoms with Crippen molar-refractivity contribution in [2.45, 2.75) is 70.6 Å². The van der Waals surface area contributed by atoms with Gasteiger partial charge in [0, 0.05) is 17.5 Å². The summed E-state index contributed by atoms with van der Waals surface area (Å²) in [7, 11) is 0. The lowest BCUT2D eigenvalue weighted by molar-refractivity contribution is -0.173. The van der Waals surface area contributed by atoms with Crippen molar-refractivity contribution in [3.8, 4) is 17.2 Å². The summed E-state index contributed by atoms with van der Waals surface area (Å²) in [6.07, 6.45) is 0.0430. The average Bonchev–Trinajstić information content (AvgIpc) is 3.30. The number of hydrogen-bond donors (Lipinski definition) is 0. The third kappa shape index (κ3) is 2.82. The van der Waals surface area contributed by atoms with Gasteiger partial charge in [-0.25, -0.2) is 0 Å². The van der Waals surface area contributed by atoms with Gasteiger partial charge in [-0.15, -0.1) is 0 Å². The average molecular weight is 437 g/mol. The molecule has 6 rings (SSSR count). The fourth-order valence-electron chi connectivity index (χ4n) is 5.44. The van der Waals surface area contributed by atoms with Crippen LogP contribution < -0.4 is 14.2 Å². The molecule has 6 nitrogen and oxygen atoms in total. The minimum atomic E-state index is -0.644. The van der Waals surface area contributed by atoms with E-state index in [-0.39, 0.29) is 23.9 Å². The molecule has 4 atom stereocenters. The van der Waals surface area contributed by atoms with Crippen LogP contribution in [0.2, 0.25) is 0 Å². The zero-order valence-corrected chi connectivity index (χ0v) is 19.1. The van der Waals surface area contributed by atoms with Crippen molar-refractivity contribution in [3.63, 3.8) is 0 Å². The van der Waals surface area contributed by atoms with E-state index in [1.807, 2.05) is 39.0 Å². The van der Waals surface area contributed by atoms with Crippen LogP contribution in [0.5, 0.6) is 17.2 Å². The Morgan fingerprint density at radius 2 is 1.78 bits per heavy atom. The van der Waals surface area contributed by atoms with Gasteiger partial charge in [0.2, 0.25) is 0 Å². The molecule has 0 aliphatic carbocycles. The topological polar surface area (TPSA) is 63.2 Å². The zero-order valence-electron chi connectivity index (χ0n) is 19.1. The Kier molecular flexibility index (Phi) is 4.07. The van der Waals surface area contributed by atoms with Crippen LogP contribution in [0, 0.1) is 13.8 Å². The van der Waals surface area contributed by atoms with Crippen molar-refractivity contribution in [1.82, 2.24) is 0 Å². The van der Waals surface area contributed by atoms with Gasteiger partial charge in [0.05, 0.1) is 18.1 Å². The Hall–Kier alpha value is -2.57. The monoisotopic (exact) mass is 436 g/mol. The van der Waals surface area contributed by atoms with Gasteiger partial charge >= 0.3 is 0 Å². The van der Waals surface area contributed by atoms with Gasteiger partial charge in [-0.3, -0.25) is 4.79 Å². The second kappa shape index (κ2) is 6.49. The minimum Gasteiger partial charge on any atom is -0.489 e. The molecule has 0 spiro atoms. The first-order valence-corrected chi connectivity index (χ1v) is 11.3. The van der Waals surface area contributed by atoms with Gasteiger partial charge in [0.25, 0.3) is 0 Å². The maximum Gasteiger partial charge on any atom is 0.178 e. The Morgan fingerprint density at radius 3 is 2.53 bits per heavy atom. The van der Waals surface area contributed by atoms with E-state index in [4.69, 9.17) is 23.7 Å². The molecular weight excluding hydrogens is 408 g/mol. The lowest BCUT2D eigenvalue weighted by Gasteiger charge is -2.37. The van der Waals surface area contributed by atoms with Gasteiger partial charge < -0.3 is 23.7 Å². The largest absolute Gasteiger partial charge is 0.489 e. The normalized spacial score (nSPS) is 31.5. The SMILES string of the molecule is Cc1cc2c(cc1C)[C@@H]1C(=O)c3ccc4c(c3O[C@@H]1CO2)C[C@H](C1(C)COC(C)(C)O1)O4. The van der Waals surface area contributed by atoms with Crippen LogP contribution in [0.25, 0.3) is 0 Å². The molecule has 0 saturated carbocycles. The van der Waals surface area contributed by atoms with Gasteiger partial charge in [0.15, 0.2) is 11.6 Å². The van der Waals surface area contributed by atoms with Crippen LogP contribution in [0.4, 0.5) is 0 Å². The molecule has 1 saturated heterocycles. The molecule has 0 radical (unpaired) electrons. The summed E-state index contributed by atoms with van der Waals surface area (Å²) in [5, 5.41) is 0. The van der Waals surface area contributed by atoms with Gasteiger partial charge in [0.1, 0.15) is 41.7 Å². The molecule has 0 N–H and O–H groups in total. The first-order valence-electron chi connectivity index (χ1n) is 11.3. The predicted molar refractivity (Wildman–Crippen MR) is 117 cm³/mol. The number of hydrogen-bond acceptors (Lipinski definition) is 6. The highest BCUT2D eigenvalue weighted by molar-refractivity contribution is 6.05. The molecule has 4 aliphatic rings. The number of ketones is 1. The van der Waals surface area contributed by atoms with E-state index in [0.717, 1.165) is 33.8 Å². The molecule has 6 heteroatoms. The van der Waals surface area contributed by atoms with Crippen molar-refractivity contribution < 1.29 is 28.5 Å². The van der Waals surface area contributed by atoms with Gasteiger partial charge in [-0.2, -0.15) is 0 Å². The van der Waals surface area contributed by atoms with Crippen molar-refractivity contribution in [3.05, 3.63) is 52.1 Å². The number of fused-ring (bicyclic) bond motifs is 6. The molecule has 1 unspecified atom stereocenters. The summed E-state index contributed by atoms with van der Waals surface area (Å²) in [5.74, 6) is 1.25. The van der Waals surface area contributed by atoms with Crippen molar-refractivity contribution in [2.24, 2.45) is 0 Å². The lowest BCUT2D eigenvalue weighted by Crippen LogP contribution is -2.46. The minimum absolute atomic E-state index is 0.0862. The smallest absolute Gasteiger partial charge is 0.178 e. The van der Waals surface area contributed by atoms with E-state index < -0.39 is 11.4 Å². The van der Waals surface area contributed by atoms with Crippen molar-refractivity contribution in [2.75, 3.05) is 13.2 Å². The van der Waals surface area contributed by atoms with E-state index in [1.54, 1.807) is 0 Å². The molecule has 1 fully saturated rings. The summed E-state index contributed by atoms with van der Waals surface area (Å²) in [6.45, 7) is 10.8.